The van der Waals surface area contributed by atoms with E-state index in [1.807, 2.05) is 14.0 Å². The molecule has 0 unspecified atom stereocenters. The van der Waals surface area contributed by atoms with Crippen LogP contribution in [0.25, 0.3) is 0 Å². The highest BCUT2D eigenvalue weighted by Crippen LogP contribution is 2.40. The van der Waals surface area contributed by atoms with Crippen LogP contribution in [0.5, 0.6) is 0 Å². The SMILES string of the molecule is Cc1nn(C)c(CC2(C(=O)O)CCCCC2)c1Cl. The van der Waals surface area contributed by atoms with E-state index in [1.54, 1.807) is 4.68 Å². The number of nitrogens with zero attached hydrogens (tertiary/aromatic N) is 2. The summed E-state index contributed by atoms with van der Waals surface area (Å²) in [6.07, 6.45) is 5.07. The lowest BCUT2D eigenvalue weighted by Gasteiger charge is -2.33. The molecule has 0 aromatic carbocycles. The Hall–Kier alpha value is -1.03. The van der Waals surface area contributed by atoms with Crippen LogP contribution in [0.4, 0.5) is 0 Å². The zero-order valence-corrected chi connectivity index (χ0v) is 11.6. The first-order chi connectivity index (χ1) is 8.46. The van der Waals surface area contributed by atoms with Crippen molar-refractivity contribution < 1.29 is 9.90 Å². The molecule has 1 aliphatic carbocycles. The molecule has 0 atom stereocenters. The Labute approximate surface area is 112 Å². The van der Waals surface area contributed by atoms with E-state index in [-0.39, 0.29) is 0 Å². The predicted octanol–water partition coefficient (Wildman–Crippen LogP) is 2.96. The number of rotatable bonds is 3. The zero-order chi connectivity index (χ0) is 13.3. The number of hydrogen-bond donors (Lipinski definition) is 1. The van der Waals surface area contributed by atoms with Gasteiger partial charge in [-0.25, -0.2) is 0 Å². The highest BCUT2D eigenvalue weighted by Gasteiger charge is 2.41. The largest absolute Gasteiger partial charge is 0.481 e. The van der Waals surface area contributed by atoms with Crippen molar-refractivity contribution in [3.63, 3.8) is 0 Å². The van der Waals surface area contributed by atoms with Gasteiger partial charge in [-0.05, 0) is 19.8 Å². The van der Waals surface area contributed by atoms with Gasteiger partial charge < -0.3 is 5.11 Å². The van der Waals surface area contributed by atoms with Crippen LogP contribution < -0.4 is 0 Å². The lowest BCUT2D eigenvalue weighted by atomic mass is 9.71. The molecule has 0 bridgehead atoms. The van der Waals surface area contributed by atoms with Gasteiger partial charge in [0.2, 0.25) is 0 Å². The molecule has 1 aromatic rings. The van der Waals surface area contributed by atoms with Gasteiger partial charge in [0.15, 0.2) is 0 Å². The second kappa shape index (κ2) is 4.92. The molecule has 1 heterocycles. The van der Waals surface area contributed by atoms with E-state index in [0.29, 0.717) is 11.4 Å². The Kier molecular flexibility index (Phi) is 3.66. The van der Waals surface area contributed by atoms with Crippen molar-refractivity contribution in [2.75, 3.05) is 0 Å². The second-order valence-corrected chi connectivity index (χ2v) is 5.67. The number of carboxylic acid groups (broad SMARTS) is 1. The van der Waals surface area contributed by atoms with Gasteiger partial charge in [0, 0.05) is 13.5 Å². The molecule has 1 aromatic heterocycles. The highest BCUT2D eigenvalue weighted by atomic mass is 35.5. The average Bonchev–Trinajstić information content (AvgIpc) is 2.57. The third kappa shape index (κ3) is 2.26. The molecular weight excluding hydrogens is 252 g/mol. The minimum atomic E-state index is -0.697. The second-order valence-electron chi connectivity index (χ2n) is 5.29. The van der Waals surface area contributed by atoms with Crippen LogP contribution in [-0.4, -0.2) is 20.9 Å². The Morgan fingerprint density at radius 1 is 1.44 bits per heavy atom. The van der Waals surface area contributed by atoms with Crippen LogP contribution in [0.15, 0.2) is 0 Å². The molecule has 0 spiro atoms. The minimum absolute atomic E-state index is 0.485. The summed E-state index contributed by atoms with van der Waals surface area (Å²) >= 11 is 6.22. The Balaban J connectivity index is 2.31. The number of aryl methyl sites for hydroxylation is 2. The molecule has 0 aliphatic heterocycles. The summed E-state index contributed by atoms with van der Waals surface area (Å²) in [5, 5.41) is 14.4. The summed E-state index contributed by atoms with van der Waals surface area (Å²) in [4.78, 5) is 11.6. The number of aromatic nitrogens is 2. The van der Waals surface area contributed by atoms with Crippen LogP contribution in [-0.2, 0) is 18.3 Å². The van der Waals surface area contributed by atoms with Crippen LogP contribution in [0, 0.1) is 12.3 Å². The number of halogens is 1. The van der Waals surface area contributed by atoms with E-state index in [2.05, 4.69) is 5.10 Å². The standard InChI is InChI=1S/C13H19ClN2O2/c1-9-11(14)10(16(2)15-9)8-13(12(17)18)6-4-3-5-7-13/h3-8H2,1-2H3,(H,17,18). The predicted molar refractivity (Wildman–Crippen MR) is 69.8 cm³/mol. The van der Waals surface area contributed by atoms with E-state index in [1.165, 1.54) is 0 Å². The molecule has 0 amide bonds. The van der Waals surface area contributed by atoms with Gasteiger partial charge in [0.25, 0.3) is 0 Å². The van der Waals surface area contributed by atoms with Gasteiger partial charge >= 0.3 is 5.97 Å². The molecule has 2 rings (SSSR count). The fraction of sp³-hybridized carbons (Fsp3) is 0.692. The van der Waals surface area contributed by atoms with Gasteiger partial charge in [-0.15, -0.1) is 0 Å². The maximum absolute atomic E-state index is 11.6. The van der Waals surface area contributed by atoms with Crippen molar-refractivity contribution in [2.24, 2.45) is 12.5 Å². The molecule has 1 N–H and O–H groups in total. The van der Waals surface area contributed by atoms with E-state index in [0.717, 1.165) is 43.5 Å². The van der Waals surface area contributed by atoms with Crippen molar-refractivity contribution in [1.29, 1.82) is 0 Å². The fourth-order valence-electron chi connectivity index (χ4n) is 2.89. The molecule has 5 heteroatoms. The Morgan fingerprint density at radius 2 is 2.06 bits per heavy atom. The van der Waals surface area contributed by atoms with Gasteiger partial charge in [-0.3, -0.25) is 9.48 Å². The Morgan fingerprint density at radius 3 is 2.50 bits per heavy atom. The number of hydrogen-bond acceptors (Lipinski definition) is 2. The highest BCUT2D eigenvalue weighted by molar-refractivity contribution is 6.31. The molecule has 4 nitrogen and oxygen atoms in total. The number of carbonyl (C=O) groups is 1. The smallest absolute Gasteiger partial charge is 0.310 e. The summed E-state index contributed by atoms with van der Waals surface area (Å²) in [6.45, 7) is 1.85. The quantitative estimate of drug-likeness (QED) is 0.919. The zero-order valence-electron chi connectivity index (χ0n) is 10.9. The molecular formula is C13H19ClN2O2. The fourth-order valence-corrected chi connectivity index (χ4v) is 3.11. The third-order valence-electron chi connectivity index (χ3n) is 4.03. The summed E-state index contributed by atoms with van der Waals surface area (Å²) in [5.74, 6) is -0.697. The maximum atomic E-state index is 11.6. The molecule has 100 valence electrons. The first-order valence-electron chi connectivity index (χ1n) is 6.38. The first-order valence-corrected chi connectivity index (χ1v) is 6.75. The van der Waals surface area contributed by atoms with Crippen molar-refractivity contribution in [1.82, 2.24) is 9.78 Å². The van der Waals surface area contributed by atoms with E-state index >= 15 is 0 Å². The molecule has 1 fully saturated rings. The van der Waals surface area contributed by atoms with E-state index < -0.39 is 11.4 Å². The third-order valence-corrected chi connectivity index (χ3v) is 4.52. The van der Waals surface area contributed by atoms with Gasteiger partial charge in [0.05, 0.1) is 21.8 Å². The molecule has 0 saturated heterocycles. The Bertz CT molecular complexity index is 462. The summed E-state index contributed by atoms with van der Waals surface area (Å²) in [6, 6.07) is 0. The monoisotopic (exact) mass is 270 g/mol. The van der Waals surface area contributed by atoms with E-state index in [9.17, 15) is 9.90 Å². The first kappa shape index (κ1) is 13.4. The maximum Gasteiger partial charge on any atom is 0.310 e. The lowest BCUT2D eigenvalue weighted by molar-refractivity contribution is -0.151. The van der Waals surface area contributed by atoms with Crippen molar-refractivity contribution in [2.45, 2.75) is 45.4 Å². The molecule has 18 heavy (non-hydrogen) atoms. The van der Waals surface area contributed by atoms with Gasteiger partial charge in [-0.1, -0.05) is 30.9 Å². The molecule has 1 saturated carbocycles. The summed E-state index contributed by atoms with van der Waals surface area (Å²) < 4.78 is 1.72. The van der Waals surface area contributed by atoms with Gasteiger partial charge in [0.1, 0.15) is 0 Å². The normalized spacial score (nSPS) is 18.8. The van der Waals surface area contributed by atoms with Crippen LogP contribution in [0.1, 0.15) is 43.5 Å². The van der Waals surface area contributed by atoms with Crippen molar-refractivity contribution in [3.05, 3.63) is 16.4 Å². The van der Waals surface area contributed by atoms with Crippen LogP contribution in [0.3, 0.4) is 0 Å². The van der Waals surface area contributed by atoms with Crippen LogP contribution >= 0.6 is 11.6 Å². The summed E-state index contributed by atoms with van der Waals surface area (Å²) in [7, 11) is 1.83. The number of aliphatic carboxylic acids is 1. The van der Waals surface area contributed by atoms with Crippen molar-refractivity contribution in [3.8, 4) is 0 Å². The van der Waals surface area contributed by atoms with Crippen molar-refractivity contribution >= 4 is 17.6 Å². The number of carboxylic acids is 1. The topological polar surface area (TPSA) is 55.1 Å². The minimum Gasteiger partial charge on any atom is -0.481 e. The average molecular weight is 271 g/mol. The van der Waals surface area contributed by atoms with Crippen LogP contribution in [0.2, 0.25) is 5.02 Å². The summed E-state index contributed by atoms with van der Waals surface area (Å²) in [5.41, 5.74) is 0.964. The lowest BCUT2D eigenvalue weighted by Crippen LogP contribution is -2.36. The molecule has 0 radical (unpaired) electrons. The molecule has 1 aliphatic rings. The van der Waals surface area contributed by atoms with Gasteiger partial charge in [-0.2, -0.15) is 5.10 Å². The van der Waals surface area contributed by atoms with E-state index in [4.69, 9.17) is 11.6 Å².